The van der Waals surface area contributed by atoms with Crippen molar-refractivity contribution < 1.29 is 13.9 Å². The van der Waals surface area contributed by atoms with Crippen LogP contribution in [0.15, 0.2) is 30.3 Å². The Balaban J connectivity index is 2.37. The maximum atomic E-state index is 13.0. The van der Waals surface area contributed by atoms with Crippen LogP contribution in [0.4, 0.5) is 4.39 Å². The molecule has 0 amide bonds. The Kier molecular flexibility index (Phi) is 4.63. The van der Waals surface area contributed by atoms with Crippen LogP contribution in [0.1, 0.15) is 27.0 Å². The van der Waals surface area contributed by atoms with Gasteiger partial charge in [-0.25, -0.2) is 4.39 Å². The summed E-state index contributed by atoms with van der Waals surface area (Å²) in [5, 5.41) is 0.257. The fourth-order valence-corrected chi connectivity index (χ4v) is 2.61. The van der Waals surface area contributed by atoms with Crippen molar-refractivity contribution in [3.8, 4) is 5.75 Å². The molecule has 0 bridgehead atoms. The molecule has 0 aliphatic heterocycles. The normalized spacial score (nSPS) is 10.5. The highest BCUT2D eigenvalue weighted by Gasteiger charge is 2.17. The van der Waals surface area contributed by atoms with Crippen LogP contribution in [0.3, 0.4) is 0 Å². The first kappa shape index (κ1) is 15.5. The van der Waals surface area contributed by atoms with Gasteiger partial charge in [0.05, 0.1) is 12.7 Å². The molecule has 2 nitrogen and oxygen atoms in total. The van der Waals surface area contributed by atoms with Gasteiger partial charge in [-0.2, -0.15) is 0 Å². The molecule has 0 aliphatic rings. The van der Waals surface area contributed by atoms with E-state index in [0.29, 0.717) is 16.9 Å². The number of ether oxygens (including phenoxy) is 1. The highest BCUT2D eigenvalue weighted by atomic mass is 35.5. The van der Waals surface area contributed by atoms with E-state index in [1.165, 1.54) is 25.3 Å². The molecule has 0 saturated heterocycles. The van der Waals surface area contributed by atoms with Gasteiger partial charge in [0.15, 0.2) is 5.78 Å². The summed E-state index contributed by atoms with van der Waals surface area (Å²) in [5.41, 5.74) is 3.03. The maximum absolute atomic E-state index is 13.0. The topological polar surface area (TPSA) is 26.3 Å². The van der Waals surface area contributed by atoms with Gasteiger partial charge >= 0.3 is 0 Å². The second kappa shape index (κ2) is 6.27. The number of aryl methyl sites for hydroxylation is 2. The number of benzene rings is 2. The molecule has 0 aromatic heterocycles. The number of carbonyl (C=O) groups excluding carboxylic acids is 1. The fraction of sp³-hybridized carbons (Fsp3) is 0.235. The first-order valence-electron chi connectivity index (χ1n) is 6.54. The first-order chi connectivity index (χ1) is 9.92. The number of Topliss-reactive ketones (excluding diaryl/α,β-unsaturated/α-hetero) is 1. The molecule has 0 saturated carbocycles. The third-order valence-electron chi connectivity index (χ3n) is 3.31. The molecule has 0 fully saturated rings. The lowest BCUT2D eigenvalue weighted by Gasteiger charge is -2.12. The van der Waals surface area contributed by atoms with Gasteiger partial charge in [-0.1, -0.05) is 23.7 Å². The summed E-state index contributed by atoms with van der Waals surface area (Å²) in [5.74, 6) is 0.0360. The molecule has 21 heavy (non-hydrogen) atoms. The van der Waals surface area contributed by atoms with Gasteiger partial charge in [0, 0.05) is 11.4 Å². The van der Waals surface area contributed by atoms with Crippen molar-refractivity contribution in [1.82, 2.24) is 0 Å². The average Bonchev–Trinajstić information content (AvgIpc) is 2.40. The molecule has 2 aromatic carbocycles. The SMILES string of the molecule is COc1cc(C)cc(C)c1C(=O)Cc1ccc(F)cc1Cl. The molecule has 110 valence electrons. The van der Waals surface area contributed by atoms with E-state index in [0.717, 1.165) is 11.1 Å². The zero-order chi connectivity index (χ0) is 15.6. The largest absolute Gasteiger partial charge is 0.496 e. The summed E-state index contributed by atoms with van der Waals surface area (Å²) in [6.45, 7) is 3.82. The molecule has 0 aliphatic carbocycles. The standard InChI is InChI=1S/C17H16ClFO2/c1-10-6-11(2)17(16(7-10)21-3)15(20)8-12-4-5-13(19)9-14(12)18/h4-7,9H,8H2,1-3H3. The molecule has 0 N–H and O–H groups in total. The minimum atomic E-state index is -0.416. The Morgan fingerprint density at radius 1 is 1.24 bits per heavy atom. The highest BCUT2D eigenvalue weighted by Crippen LogP contribution is 2.27. The smallest absolute Gasteiger partial charge is 0.171 e. The van der Waals surface area contributed by atoms with E-state index in [-0.39, 0.29) is 17.2 Å². The fourth-order valence-electron chi connectivity index (χ4n) is 2.37. The summed E-state index contributed by atoms with van der Waals surface area (Å²) in [7, 11) is 1.54. The Hall–Kier alpha value is -1.87. The van der Waals surface area contributed by atoms with Crippen molar-refractivity contribution in [3.05, 3.63) is 63.4 Å². The molecular weight excluding hydrogens is 291 g/mol. The number of carbonyl (C=O) groups is 1. The van der Waals surface area contributed by atoms with E-state index in [2.05, 4.69) is 0 Å². The maximum Gasteiger partial charge on any atom is 0.171 e. The molecule has 0 atom stereocenters. The summed E-state index contributed by atoms with van der Waals surface area (Å²) in [4.78, 5) is 12.5. The van der Waals surface area contributed by atoms with Crippen LogP contribution in [0.25, 0.3) is 0 Å². The van der Waals surface area contributed by atoms with Gasteiger partial charge in [0.2, 0.25) is 0 Å². The van der Waals surface area contributed by atoms with Crippen LogP contribution in [-0.2, 0) is 6.42 Å². The van der Waals surface area contributed by atoms with E-state index >= 15 is 0 Å². The van der Waals surface area contributed by atoms with Crippen molar-refractivity contribution in [1.29, 1.82) is 0 Å². The molecular formula is C17H16ClFO2. The summed E-state index contributed by atoms with van der Waals surface area (Å²) >= 11 is 5.98. The predicted octanol–water partition coefficient (Wildman–Crippen LogP) is 4.53. The van der Waals surface area contributed by atoms with Crippen molar-refractivity contribution >= 4 is 17.4 Å². The number of methoxy groups -OCH3 is 1. The van der Waals surface area contributed by atoms with Crippen LogP contribution in [-0.4, -0.2) is 12.9 Å². The van der Waals surface area contributed by atoms with Crippen LogP contribution in [0, 0.1) is 19.7 Å². The molecule has 2 rings (SSSR count). The summed E-state index contributed by atoms with van der Waals surface area (Å²) in [6.07, 6.45) is 0.110. The Morgan fingerprint density at radius 3 is 2.57 bits per heavy atom. The van der Waals surface area contributed by atoms with E-state index in [1.807, 2.05) is 26.0 Å². The van der Waals surface area contributed by atoms with Crippen molar-refractivity contribution in [2.24, 2.45) is 0 Å². The highest BCUT2D eigenvalue weighted by molar-refractivity contribution is 6.31. The summed E-state index contributed by atoms with van der Waals surface area (Å²) < 4.78 is 18.3. The van der Waals surface area contributed by atoms with Gasteiger partial charge in [-0.05, 0) is 48.7 Å². The second-order valence-electron chi connectivity index (χ2n) is 4.99. The molecule has 2 aromatic rings. The minimum absolute atomic E-state index is 0.0992. The van der Waals surface area contributed by atoms with Crippen LogP contribution >= 0.6 is 11.6 Å². The van der Waals surface area contributed by atoms with Crippen LogP contribution in [0.5, 0.6) is 5.75 Å². The molecule has 4 heteroatoms. The van der Waals surface area contributed by atoms with E-state index in [1.54, 1.807) is 0 Å². The number of hydrogen-bond donors (Lipinski definition) is 0. The zero-order valence-electron chi connectivity index (χ0n) is 12.2. The van der Waals surface area contributed by atoms with Gasteiger partial charge in [0.25, 0.3) is 0 Å². The van der Waals surface area contributed by atoms with Gasteiger partial charge in [-0.15, -0.1) is 0 Å². The molecule has 0 heterocycles. The number of hydrogen-bond acceptors (Lipinski definition) is 2. The van der Waals surface area contributed by atoms with Gasteiger partial charge in [-0.3, -0.25) is 4.79 Å². The number of halogens is 2. The Morgan fingerprint density at radius 2 is 1.95 bits per heavy atom. The molecule has 0 spiro atoms. The molecule has 0 radical (unpaired) electrons. The van der Waals surface area contributed by atoms with Crippen LogP contribution in [0.2, 0.25) is 5.02 Å². The van der Waals surface area contributed by atoms with Crippen molar-refractivity contribution in [2.45, 2.75) is 20.3 Å². The van der Waals surface area contributed by atoms with E-state index in [9.17, 15) is 9.18 Å². The quantitative estimate of drug-likeness (QED) is 0.776. The third-order valence-corrected chi connectivity index (χ3v) is 3.66. The van der Waals surface area contributed by atoms with E-state index in [4.69, 9.17) is 16.3 Å². The first-order valence-corrected chi connectivity index (χ1v) is 6.92. The van der Waals surface area contributed by atoms with Crippen LogP contribution < -0.4 is 4.74 Å². The third kappa shape index (κ3) is 3.42. The Bertz CT molecular complexity index is 695. The lowest BCUT2D eigenvalue weighted by Crippen LogP contribution is -2.09. The van der Waals surface area contributed by atoms with E-state index < -0.39 is 5.82 Å². The lowest BCUT2D eigenvalue weighted by molar-refractivity contribution is 0.0989. The predicted molar refractivity (Wildman–Crippen MR) is 81.9 cm³/mol. The van der Waals surface area contributed by atoms with Gasteiger partial charge in [0.1, 0.15) is 11.6 Å². The van der Waals surface area contributed by atoms with Gasteiger partial charge < -0.3 is 4.74 Å². The second-order valence-corrected chi connectivity index (χ2v) is 5.40. The average molecular weight is 307 g/mol. The Labute approximate surface area is 128 Å². The number of ketones is 1. The van der Waals surface area contributed by atoms with Crippen molar-refractivity contribution in [3.63, 3.8) is 0 Å². The minimum Gasteiger partial charge on any atom is -0.496 e. The monoisotopic (exact) mass is 306 g/mol. The lowest BCUT2D eigenvalue weighted by atomic mass is 9.96. The summed E-state index contributed by atoms with van der Waals surface area (Å²) in [6, 6.07) is 7.80. The zero-order valence-corrected chi connectivity index (χ0v) is 12.9. The molecule has 0 unspecified atom stereocenters. The number of rotatable bonds is 4. The van der Waals surface area contributed by atoms with Crippen molar-refractivity contribution in [2.75, 3.05) is 7.11 Å².